The number of hydrogen-bond donors (Lipinski definition) is 0. The largest absolute Gasteiger partial charge is 0.354 e. The van der Waals surface area contributed by atoms with Gasteiger partial charge in [0.15, 0.2) is 0 Å². The van der Waals surface area contributed by atoms with Crippen LogP contribution in [0.2, 0.25) is 0 Å². The Bertz CT molecular complexity index is 629. The lowest BCUT2D eigenvalue weighted by Gasteiger charge is -2.30. The van der Waals surface area contributed by atoms with Crippen LogP contribution >= 0.6 is 0 Å². The van der Waals surface area contributed by atoms with Crippen LogP contribution in [0.4, 0.5) is 16.0 Å². The summed E-state index contributed by atoms with van der Waals surface area (Å²) >= 11 is 0. The Morgan fingerprint density at radius 2 is 2.00 bits per heavy atom. The molecule has 22 heavy (non-hydrogen) atoms. The molecule has 1 saturated carbocycles. The third kappa shape index (κ3) is 2.61. The summed E-state index contributed by atoms with van der Waals surface area (Å²) in [6, 6.07) is 6.23. The van der Waals surface area contributed by atoms with E-state index in [1.54, 1.807) is 18.6 Å². The molecule has 5 nitrogen and oxygen atoms in total. The molecule has 2 aliphatic rings. The fourth-order valence-electron chi connectivity index (χ4n) is 3.19. The van der Waals surface area contributed by atoms with Gasteiger partial charge in [0.25, 0.3) is 0 Å². The molecule has 1 saturated heterocycles. The van der Waals surface area contributed by atoms with Gasteiger partial charge in [-0.15, -0.1) is 0 Å². The van der Waals surface area contributed by atoms with Crippen molar-refractivity contribution in [3.8, 4) is 0 Å². The molecule has 114 valence electrons. The van der Waals surface area contributed by atoms with Crippen molar-refractivity contribution in [3.63, 3.8) is 0 Å². The number of aromatic nitrogens is 3. The molecule has 0 bridgehead atoms. The zero-order valence-corrected chi connectivity index (χ0v) is 12.3. The van der Waals surface area contributed by atoms with Crippen LogP contribution in [0.1, 0.15) is 19.3 Å². The van der Waals surface area contributed by atoms with E-state index in [0.717, 1.165) is 31.1 Å². The average Bonchev–Trinajstić information content (AvgIpc) is 3.26. The fourth-order valence-corrected chi connectivity index (χ4v) is 3.19. The number of halogens is 1. The zero-order chi connectivity index (χ0) is 14.9. The lowest BCUT2D eigenvalue weighted by atomic mass is 10.2. The van der Waals surface area contributed by atoms with E-state index < -0.39 is 0 Å². The van der Waals surface area contributed by atoms with Crippen LogP contribution in [0.5, 0.6) is 0 Å². The van der Waals surface area contributed by atoms with E-state index >= 15 is 0 Å². The first kappa shape index (κ1) is 13.4. The van der Waals surface area contributed by atoms with Gasteiger partial charge in [0.1, 0.15) is 23.8 Å². The summed E-state index contributed by atoms with van der Waals surface area (Å²) in [5.41, 5.74) is 0. The van der Waals surface area contributed by atoms with Gasteiger partial charge in [0.2, 0.25) is 0 Å². The van der Waals surface area contributed by atoms with Crippen molar-refractivity contribution in [1.82, 2.24) is 15.0 Å². The number of nitrogens with zero attached hydrogens (tertiary/aromatic N) is 5. The first-order valence-corrected chi connectivity index (χ1v) is 7.72. The highest BCUT2D eigenvalue weighted by Crippen LogP contribution is 2.35. The van der Waals surface area contributed by atoms with Gasteiger partial charge in [0, 0.05) is 31.4 Å². The Labute approximate surface area is 128 Å². The van der Waals surface area contributed by atoms with Crippen molar-refractivity contribution >= 4 is 11.6 Å². The van der Waals surface area contributed by atoms with Crippen LogP contribution in [0.25, 0.3) is 0 Å². The predicted molar refractivity (Wildman–Crippen MR) is 82.3 cm³/mol. The summed E-state index contributed by atoms with van der Waals surface area (Å²) < 4.78 is 13.0. The molecule has 1 atom stereocenters. The van der Waals surface area contributed by atoms with E-state index in [1.807, 2.05) is 6.07 Å². The molecular weight excluding hydrogens is 281 g/mol. The minimum Gasteiger partial charge on any atom is -0.354 e. The van der Waals surface area contributed by atoms with Crippen molar-refractivity contribution in [1.29, 1.82) is 0 Å². The SMILES string of the molecule is Fc1ccc(N2CCC(N(c3ccncn3)C3CC3)C2)nc1. The van der Waals surface area contributed by atoms with Crippen molar-refractivity contribution in [2.75, 3.05) is 22.9 Å². The fraction of sp³-hybridized carbons (Fsp3) is 0.438. The van der Waals surface area contributed by atoms with Crippen LogP contribution in [0.15, 0.2) is 36.9 Å². The summed E-state index contributed by atoms with van der Waals surface area (Å²) in [6.45, 7) is 1.84. The predicted octanol–water partition coefficient (Wildman–Crippen LogP) is 2.26. The average molecular weight is 299 g/mol. The van der Waals surface area contributed by atoms with Gasteiger partial charge in [-0.3, -0.25) is 0 Å². The quantitative estimate of drug-likeness (QED) is 0.866. The maximum Gasteiger partial charge on any atom is 0.141 e. The van der Waals surface area contributed by atoms with E-state index in [0.29, 0.717) is 12.1 Å². The molecule has 2 aromatic heterocycles. The van der Waals surface area contributed by atoms with E-state index in [1.165, 1.54) is 25.1 Å². The Kier molecular flexibility index (Phi) is 3.36. The molecule has 4 rings (SSSR count). The van der Waals surface area contributed by atoms with E-state index in [-0.39, 0.29) is 5.82 Å². The second-order valence-electron chi connectivity index (χ2n) is 5.93. The standard InChI is InChI=1S/C16H18FN5/c17-12-1-4-15(19-9-12)21-8-6-14(10-21)22(13-2-3-13)16-5-7-18-11-20-16/h1,4-5,7,9,11,13-14H,2-3,6,8,10H2. The van der Waals surface area contributed by atoms with Crippen LogP contribution in [-0.4, -0.2) is 40.1 Å². The molecule has 0 radical (unpaired) electrons. The summed E-state index contributed by atoms with van der Waals surface area (Å²) in [5, 5.41) is 0. The Balaban J connectivity index is 1.52. The third-order valence-corrected chi connectivity index (χ3v) is 4.36. The number of hydrogen-bond acceptors (Lipinski definition) is 5. The van der Waals surface area contributed by atoms with Gasteiger partial charge in [-0.2, -0.15) is 0 Å². The molecule has 0 amide bonds. The number of pyridine rings is 1. The van der Waals surface area contributed by atoms with Gasteiger partial charge in [-0.1, -0.05) is 0 Å². The number of anilines is 2. The van der Waals surface area contributed by atoms with E-state index in [2.05, 4.69) is 24.8 Å². The van der Waals surface area contributed by atoms with Gasteiger partial charge in [0.05, 0.1) is 6.20 Å². The maximum absolute atomic E-state index is 13.0. The Morgan fingerprint density at radius 3 is 2.68 bits per heavy atom. The molecule has 0 aromatic carbocycles. The molecule has 2 fully saturated rings. The van der Waals surface area contributed by atoms with Crippen LogP contribution < -0.4 is 9.80 Å². The maximum atomic E-state index is 13.0. The molecule has 3 heterocycles. The van der Waals surface area contributed by atoms with Crippen LogP contribution in [0.3, 0.4) is 0 Å². The lowest BCUT2D eigenvalue weighted by molar-refractivity contribution is 0.619. The van der Waals surface area contributed by atoms with Gasteiger partial charge >= 0.3 is 0 Å². The van der Waals surface area contributed by atoms with E-state index in [4.69, 9.17) is 0 Å². The highest BCUT2D eigenvalue weighted by molar-refractivity contribution is 5.46. The second-order valence-corrected chi connectivity index (χ2v) is 5.93. The highest BCUT2D eigenvalue weighted by atomic mass is 19.1. The molecule has 1 unspecified atom stereocenters. The molecular formula is C16H18FN5. The minimum absolute atomic E-state index is 0.292. The number of rotatable bonds is 4. The summed E-state index contributed by atoms with van der Waals surface area (Å²) in [6.07, 6.45) is 8.22. The zero-order valence-electron chi connectivity index (χ0n) is 12.3. The van der Waals surface area contributed by atoms with Crippen molar-refractivity contribution in [2.45, 2.75) is 31.3 Å². The van der Waals surface area contributed by atoms with E-state index in [9.17, 15) is 4.39 Å². The normalized spacial score (nSPS) is 21.1. The summed E-state index contributed by atoms with van der Waals surface area (Å²) in [7, 11) is 0. The second kappa shape index (κ2) is 5.51. The summed E-state index contributed by atoms with van der Waals surface area (Å²) in [4.78, 5) is 17.3. The molecule has 0 spiro atoms. The molecule has 1 aliphatic carbocycles. The monoisotopic (exact) mass is 299 g/mol. The lowest BCUT2D eigenvalue weighted by Crippen LogP contribution is -2.40. The minimum atomic E-state index is -0.292. The first-order valence-electron chi connectivity index (χ1n) is 7.72. The topological polar surface area (TPSA) is 45.2 Å². The van der Waals surface area contributed by atoms with Gasteiger partial charge < -0.3 is 9.80 Å². The molecule has 0 N–H and O–H groups in total. The smallest absolute Gasteiger partial charge is 0.141 e. The van der Waals surface area contributed by atoms with Crippen LogP contribution in [-0.2, 0) is 0 Å². The van der Waals surface area contributed by atoms with Gasteiger partial charge in [-0.05, 0) is 37.5 Å². The summed E-state index contributed by atoms with van der Waals surface area (Å²) in [5.74, 6) is 1.57. The molecule has 6 heteroatoms. The molecule has 2 aromatic rings. The Morgan fingerprint density at radius 1 is 1.09 bits per heavy atom. The van der Waals surface area contributed by atoms with Crippen molar-refractivity contribution < 1.29 is 4.39 Å². The third-order valence-electron chi connectivity index (χ3n) is 4.36. The Hall–Kier alpha value is -2.24. The molecule has 1 aliphatic heterocycles. The first-order chi connectivity index (χ1) is 10.8. The van der Waals surface area contributed by atoms with Crippen molar-refractivity contribution in [2.24, 2.45) is 0 Å². The van der Waals surface area contributed by atoms with Crippen molar-refractivity contribution in [3.05, 3.63) is 42.7 Å². The van der Waals surface area contributed by atoms with Crippen LogP contribution in [0, 0.1) is 5.82 Å². The highest BCUT2D eigenvalue weighted by Gasteiger charge is 2.38. The van der Waals surface area contributed by atoms with Gasteiger partial charge in [-0.25, -0.2) is 19.3 Å².